The van der Waals surface area contributed by atoms with E-state index >= 15 is 0 Å². The van der Waals surface area contributed by atoms with Crippen molar-refractivity contribution >= 4 is 118 Å². The minimum absolute atomic E-state index is 0. The van der Waals surface area contributed by atoms with Gasteiger partial charge in [0, 0.05) is 94.5 Å². The third-order valence-corrected chi connectivity index (χ3v) is 31.0. The molecule has 11 N–H and O–H groups in total. The lowest BCUT2D eigenvalue weighted by Crippen LogP contribution is -2.38. The summed E-state index contributed by atoms with van der Waals surface area (Å²) in [5.74, 6) is 2.56. The van der Waals surface area contributed by atoms with E-state index in [9.17, 15) is 55.2 Å². The van der Waals surface area contributed by atoms with Crippen LogP contribution >= 0.6 is 23.2 Å². The Bertz CT molecular complexity index is 6970. The van der Waals surface area contributed by atoms with Gasteiger partial charge in [-0.25, -0.2) is 50.0 Å². The molecule has 8 heterocycles. The third-order valence-electron chi connectivity index (χ3n) is 26.3. The Labute approximate surface area is 814 Å². The number of sulfonamides is 2. The number of ether oxygens (including phenoxy) is 2. The number of halogens is 2. The molecule has 137 heavy (non-hydrogen) atoms. The Morgan fingerprint density at radius 2 is 0.971 bits per heavy atom. The number of benzene rings is 8. The number of aliphatic hydroxyl groups is 2. The van der Waals surface area contributed by atoms with Crippen LogP contribution in [0.25, 0.3) is 55.8 Å². The molecule has 5 aromatic heterocycles. The number of nitrogens with two attached hydrogens (primary N) is 1. The second kappa shape index (κ2) is 41.6. The molecule has 1 unspecified atom stereocenters. The van der Waals surface area contributed by atoms with Crippen molar-refractivity contribution in [2.75, 3.05) is 60.6 Å². The number of nitrogens with one attached hydrogen (secondary N) is 5. The average Bonchev–Trinajstić information content (AvgIpc) is 1.60. The Morgan fingerprint density at radius 1 is 0.496 bits per heavy atom. The monoisotopic (exact) mass is 1950 g/mol. The number of amides is 5. The second-order valence-electron chi connectivity index (χ2n) is 35.2. The summed E-state index contributed by atoms with van der Waals surface area (Å²) in [6.45, 7) is 3.35. The summed E-state index contributed by atoms with van der Waals surface area (Å²) in [6, 6.07) is 77.0. The maximum absolute atomic E-state index is 13.5. The fourth-order valence-corrected chi connectivity index (χ4v) is 21.8. The lowest BCUT2D eigenvalue weighted by atomic mass is 9.78. The predicted octanol–water partition coefficient (Wildman–Crippen LogP) is 17.5. The van der Waals surface area contributed by atoms with Gasteiger partial charge in [0.1, 0.15) is 34.3 Å². The normalized spacial score (nSPS) is 17.4. The van der Waals surface area contributed by atoms with E-state index in [0.717, 1.165) is 180 Å². The first kappa shape index (κ1) is 97.2. The van der Waals surface area contributed by atoms with Crippen LogP contribution in [0.2, 0.25) is 10.0 Å². The number of hydrogen-bond donors (Lipinski definition) is 8. The van der Waals surface area contributed by atoms with Gasteiger partial charge in [0.25, 0.3) is 0 Å². The van der Waals surface area contributed by atoms with Crippen LogP contribution in [0.15, 0.2) is 277 Å². The number of carbonyl (C=O) groups is 5. The topological polar surface area (TPSA) is 418 Å². The number of aryl methyl sites for hydroxylation is 1. The number of carbonyl (C=O) groups excluding carboxylic acids is 5. The Balaban J connectivity index is 0.000000179. The zero-order valence-electron chi connectivity index (χ0n) is 75.2. The fraction of sp³-hybridized carbons (Fsp3) is 0.269. The molecule has 8 aromatic carbocycles. The molecule has 716 valence electrons. The predicted molar refractivity (Wildman–Crippen MR) is 540 cm³/mol. The second-order valence-corrected chi connectivity index (χ2v) is 41.2. The first-order chi connectivity index (χ1) is 65.6. The SMILES string of the molecule is CS(=O)(=O)NCc1ccc(-c2cccc(NC(=O)C3(c4ccc(Cl)cc4)CC3)n2)cc1.Cc1cc(NC(=O)C2(c3ccc4c(c3)OCO4)CC2)ncc1-c1cccc(C(N)=O)c1.O.O=C(Nc1cccc(-c2ccc(S(=O)(=O)N3CCC[C@@H]3CO)cc2)n1)C1(c2ccc(Cl)cc2)CCCC1.O=C(Nc1cccc(-c2ccc(S(=O)N3CCC[C@@H]3CO)cc2)n1)C1(c2ccc3ncccc3c2)CC1.[HH].[HH].[HH].[HH].[HH]. The Hall–Kier alpha value is -12.9. The number of aromatic nitrogens is 5. The zero-order valence-corrected chi connectivity index (χ0v) is 79.1. The molecule has 4 saturated carbocycles. The van der Waals surface area contributed by atoms with Gasteiger partial charge in [-0.1, -0.05) is 157 Å². The third kappa shape index (κ3) is 21.9. The van der Waals surface area contributed by atoms with Crippen LogP contribution in [0.1, 0.15) is 141 Å². The maximum atomic E-state index is 13.5. The van der Waals surface area contributed by atoms with E-state index in [2.05, 4.69) is 57.0 Å². The molecule has 6 fully saturated rings. The molecule has 20 rings (SSSR count). The minimum atomic E-state index is -3.68. The molecule has 0 radical (unpaired) electrons. The highest BCUT2D eigenvalue weighted by atomic mass is 35.5. The van der Waals surface area contributed by atoms with Crippen molar-refractivity contribution in [1.29, 1.82) is 0 Å². The number of anilines is 4. The van der Waals surface area contributed by atoms with Crippen LogP contribution in [0.4, 0.5) is 23.3 Å². The summed E-state index contributed by atoms with van der Waals surface area (Å²) in [4.78, 5) is 88.1. The summed E-state index contributed by atoms with van der Waals surface area (Å²) < 4.78 is 78.1. The van der Waals surface area contributed by atoms with E-state index in [0.29, 0.717) is 73.9 Å². The van der Waals surface area contributed by atoms with Crippen molar-refractivity contribution in [3.63, 3.8) is 0 Å². The van der Waals surface area contributed by atoms with Crippen LogP contribution in [-0.4, -0.2) is 151 Å². The lowest BCUT2D eigenvalue weighted by molar-refractivity contribution is -0.121. The fourth-order valence-electron chi connectivity index (χ4n) is 18.1. The van der Waals surface area contributed by atoms with Crippen LogP contribution in [0.5, 0.6) is 11.5 Å². The first-order valence-electron chi connectivity index (χ1n) is 45.1. The van der Waals surface area contributed by atoms with Crippen LogP contribution in [-0.2, 0) is 78.4 Å². The highest BCUT2D eigenvalue weighted by Crippen LogP contribution is 2.53. The number of aliphatic hydroxyl groups excluding tert-OH is 2. The molecule has 5 amide bonds. The lowest BCUT2D eigenvalue weighted by Gasteiger charge is -2.28. The first-order valence-corrected chi connectivity index (χ1v) is 50.3. The van der Waals surface area contributed by atoms with Gasteiger partial charge in [-0.2, -0.15) is 4.31 Å². The van der Waals surface area contributed by atoms with Gasteiger partial charge in [-0.05, 0) is 256 Å². The molecule has 2 saturated heterocycles. The van der Waals surface area contributed by atoms with Crippen molar-refractivity contribution in [2.45, 2.75) is 147 Å². The highest BCUT2D eigenvalue weighted by molar-refractivity contribution is 7.89. The van der Waals surface area contributed by atoms with Crippen molar-refractivity contribution in [2.24, 2.45) is 5.73 Å². The Morgan fingerprint density at radius 3 is 1.50 bits per heavy atom. The number of rotatable bonds is 26. The molecule has 28 nitrogen and oxygen atoms in total. The standard InChI is InChI=1S/C29H28N4O3S.C28H30ClN3O4S.C24H21N3O4.C23H22ClN3O3S.H2O.5H2/c34-19-23-5-3-17-33(23)37(36)24-11-8-20(9-12-24)26-6-1-7-27(31-26)32-28(35)29(14-15-29)22-10-13-25-21(18-22)4-2-16-30-25;29-22-12-10-21(11-13-22)28(16-1-2-17-28)27(34)31-26-7-3-6-25(30-26)20-8-14-24(15-9-20)37(35,36)32-18-4-5-23(32)19-33;1-14-9-21(26-12-18(14)15-3-2-4-16(10-15)22(25)28)27-23(29)24(7-8-24)17-5-6-19-20(11-17)31-13-30-19;1-31(29,30)25-15-16-5-7-17(8-6-16)20-3-2-4-21(26-20)27-22(28)23(13-14-23)18-9-11-19(24)12-10-18;;;;;;/h1-2,4,6-13,16,18,23,34H,3,5,14-15,17,19H2,(H,31,32,35);3,6-15,23,33H,1-2,4-5,16-19H2,(H,30,31,34);2-6,9-12H,7-8,13H2,1H3,(H2,25,28)(H,26,27,29);2-12,25H,13-15H2,1H3,(H,26,27,28);1H2;5*1H/t23-,37?;23-;;;;;;;;/m11......../s1. The van der Waals surface area contributed by atoms with Gasteiger partial charge in [-0.3, -0.25) is 29.0 Å². The van der Waals surface area contributed by atoms with Crippen LogP contribution in [0.3, 0.4) is 0 Å². The van der Waals surface area contributed by atoms with Crippen molar-refractivity contribution in [3.8, 4) is 56.4 Å². The van der Waals surface area contributed by atoms with Crippen molar-refractivity contribution in [1.82, 2.24) is 38.3 Å². The largest absolute Gasteiger partial charge is 0.454 e. The van der Waals surface area contributed by atoms with Gasteiger partial charge in [0.15, 0.2) is 11.5 Å². The van der Waals surface area contributed by atoms with Crippen molar-refractivity contribution < 1.29 is 77.3 Å². The molecule has 3 aliphatic heterocycles. The number of hydrogen-bond acceptors (Lipinski definition) is 19. The molecule has 13 aromatic rings. The highest BCUT2D eigenvalue weighted by Gasteiger charge is 2.54. The molecular weight excluding hydrogens is 1840 g/mol. The van der Waals surface area contributed by atoms with Gasteiger partial charge < -0.3 is 52.2 Å². The summed E-state index contributed by atoms with van der Waals surface area (Å²) in [7, 11) is -8.22. The average molecular weight is 1950 g/mol. The van der Waals surface area contributed by atoms with Gasteiger partial charge in [0.2, 0.25) is 56.4 Å². The number of fused-ring (bicyclic) bond motifs is 2. The van der Waals surface area contributed by atoms with E-state index in [4.69, 9.17) is 38.4 Å². The molecule has 0 spiro atoms. The Kier molecular flexibility index (Phi) is 29.5. The molecule has 4 aliphatic carbocycles. The van der Waals surface area contributed by atoms with E-state index < -0.39 is 58.6 Å². The van der Waals surface area contributed by atoms with E-state index in [1.165, 1.54) is 4.31 Å². The quantitative estimate of drug-likeness (QED) is 0.0250. The van der Waals surface area contributed by atoms with Gasteiger partial charge >= 0.3 is 0 Å². The van der Waals surface area contributed by atoms with Gasteiger partial charge in [0.05, 0.1) is 73.5 Å². The molecule has 33 heteroatoms. The summed E-state index contributed by atoms with van der Waals surface area (Å²) in [5.41, 5.74) is 16.4. The number of nitrogens with zero attached hydrogens (tertiary/aromatic N) is 7. The minimum Gasteiger partial charge on any atom is -0.454 e. The van der Waals surface area contributed by atoms with Crippen molar-refractivity contribution in [3.05, 3.63) is 316 Å². The van der Waals surface area contributed by atoms with E-state index in [-0.39, 0.29) is 79.8 Å². The van der Waals surface area contributed by atoms with Crippen LogP contribution in [0, 0.1) is 6.92 Å². The number of primary amides is 1. The zero-order chi connectivity index (χ0) is 95.1. The van der Waals surface area contributed by atoms with E-state index in [1.807, 2.05) is 187 Å². The van der Waals surface area contributed by atoms with Crippen LogP contribution < -0.4 is 41.2 Å². The summed E-state index contributed by atoms with van der Waals surface area (Å²) >= 11 is 12.0. The smallest absolute Gasteiger partial charge is 0.248 e. The summed E-state index contributed by atoms with van der Waals surface area (Å²) in [6.07, 6.45) is 16.0. The molecule has 0 bridgehead atoms. The number of pyridine rings is 5. The molecule has 7 aliphatic rings. The molecular formula is C104H113Cl2N13O15S3. The summed E-state index contributed by atoms with van der Waals surface area (Å²) in [5, 5.41) is 33.4. The molecule has 3 atom stereocenters. The maximum Gasteiger partial charge on any atom is 0.248 e. The van der Waals surface area contributed by atoms with E-state index in [1.54, 1.807) is 85.2 Å². The van der Waals surface area contributed by atoms with Gasteiger partial charge in [-0.15, -0.1) is 0 Å².